The Morgan fingerprint density at radius 3 is 2.57 bits per heavy atom. The maximum atomic E-state index is 12.0. The zero-order valence-corrected chi connectivity index (χ0v) is 12.8. The Kier molecular flexibility index (Phi) is 5.14. The van der Waals surface area contributed by atoms with E-state index in [4.69, 9.17) is 28.6 Å². The number of benzene rings is 2. The standard InChI is InChI=1S/C15H13ClN2O2S/c1-20-13-8-7-11(16)9-12(13)17-15(21)18-14(19)10-5-3-2-4-6-10/h2-9H,1H3,(H2,17,18,19,21). The maximum Gasteiger partial charge on any atom is 0.257 e. The van der Waals surface area contributed by atoms with Gasteiger partial charge in [0, 0.05) is 10.6 Å². The van der Waals surface area contributed by atoms with E-state index in [9.17, 15) is 4.79 Å². The highest BCUT2D eigenvalue weighted by atomic mass is 35.5. The summed E-state index contributed by atoms with van der Waals surface area (Å²) >= 11 is 11.1. The molecule has 0 spiro atoms. The Morgan fingerprint density at radius 2 is 1.90 bits per heavy atom. The van der Waals surface area contributed by atoms with Gasteiger partial charge >= 0.3 is 0 Å². The molecule has 1 amide bonds. The van der Waals surface area contributed by atoms with Crippen molar-refractivity contribution in [2.75, 3.05) is 12.4 Å². The second kappa shape index (κ2) is 7.06. The van der Waals surface area contributed by atoms with Crippen molar-refractivity contribution < 1.29 is 9.53 Å². The normalized spacial score (nSPS) is 9.81. The third-order valence-corrected chi connectivity index (χ3v) is 3.11. The molecule has 0 aliphatic carbocycles. The van der Waals surface area contributed by atoms with Crippen LogP contribution in [-0.2, 0) is 0 Å². The number of ether oxygens (including phenoxy) is 1. The number of halogens is 1. The minimum atomic E-state index is -0.283. The van der Waals surface area contributed by atoms with Crippen LogP contribution in [0.2, 0.25) is 5.02 Å². The van der Waals surface area contributed by atoms with Crippen molar-refractivity contribution in [2.45, 2.75) is 0 Å². The van der Waals surface area contributed by atoms with Crippen molar-refractivity contribution in [3.05, 3.63) is 59.1 Å². The molecular weight excluding hydrogens is 308 g/mol. The van der Waals surface area contributed by atoms with Crippen LogP contribution in [0.1, 0.15) is 10.4 Å². The molecule has 6 heteroatoms. The van der Waals surface area contributed by atoms with Crippen molar-refractivity contribution in [1.29, 1.82) is 0 Å². The number of amides is 1. The van der Waals surface area contributed by atoms with Gasteiger partial charge in [0.25, 0.3) is 5.91 Å². The van der Waals surface area contributed by atoms with Gasteiger partial charge in [0.05, 0.1) is 12.8 Å². The predicted octanol–water partition coefficient (Wildman–Crippen LogP) is 3.48. The maximum absolute atomic E-state index is 12.0. The lowest BCUT2D eigenvalue weighted by molar-refractivity contribution is 0.0977. The molecule has 108 valence electrons. The number of hydrogen-bond donors (Lipinski definition) is 2. The van der Waals surface area contributed by atoms with Crippen LogP contribution < -0.4 is 15.4 Å². The molecule has 21 heavy (non-hydrogen) atoms. The number of methoxy groups -OCH3 is 1. The Hall–Kier alpha value is -2.11. The van der Waals surface area contributed by atoms with Crippen molar-refractivity contribution in [3.63, 3.8) is 0 Å². The van der Waals surface area contributed by atoms with E-state index in [2.05, 4.69) is 10.6 Å². The van der Waals surface area contributed by atoms with Crippen LogP contribution in [0.4, 0.5) is 5.69 Å². The molecule has 2 N–H and O–H groups in total. The minimum Gasteiger partial charge on any atom is -0.495 e. The highest BCUT2D eigenvalue weighted by molar-refractivity contribution is 7.80. The number of carbonyl (C=O) groups excluding carboxylic acids is 1. The van der Waals surface area contributed by atoms with E-state index in [0.29, 0.717) is 22.0 Å². The largest absolute Gasteiger partial charge is 0.495 e. The molecule has 0 saturated heterocycles. The van der Waals surface area contributed by atoms with Gasteiger partial charge in [-0.2, -0.15) is 0 Å². The van der Waals surface area contributed by atoms with Crippen LogP contribution >= 0.6 is 23.8 Å². The van der Waals surface area contributed by atoms with E-state index in [1.54, 1.807) is 49.6 Å². The highest BCUT2D eigenvalue weighted by Crippen LogP contribution is 2.27. The van der Waals surface area contributed by atoms with Gasteiger partial charge < -0.3 is 10.1 Å². The van der Waals surface area contributed by atoms with Gasteiger partial charge in [-0.3, -0.25) is 10.1 Å². The van der Waals surface area contributed by atoms with Gasteiger partial charge in [-0.05, 0) is 42.5 Å². The Balaban J connectivity index is 2.05. The number of thiocarbonyl (C=S) groups is 1. The molecule has 2 aromatic rings. The molecule has 0 saturated carbocycles. The van der Waals surface area contributed by atoms with Gasteiger partial charge in [0.15, 0.2) is 5.11 Å². The van der Waals surface area contributed by atoms with Gasteiger partial charge in [0.2, 0.25) is 0 Å². The summed E-state index contributed by atoms with van der Waals surface area (Å²) in [7, 11) is 1.54. The van der Waals surface area contributed by atoms with Gasteiger partial charge in [-0.15, -0.1) is 0 Å². The molecule has 0 bridgehead atoms. The SMILES string of the molecule is COc1ccc(Cl)cc1NC(=S)NC(=O)c1ccccc1. The summed E-state index contributed by atoms with van der Waals surface area (Å²) in [5.74, 6) is 0.296. The summed E-state index contributed by atoms with van der Waals surface area (Å²) in [6.07, 6.45) is 0. The summed E-state index contributed by atoms with van der Waals surface area (Å²) in [5.41, 5.74) is 1.11. The molecule has 0 radical (unpaired) electrons. The lowest BCUT2D eigenvalue weighted by Crippen LogP contribution is -2.34. The fourth-order valence-corrected chi connectivity index (χ4v) is 2.07. The third-order valence-electron chi connectivity index (χ3n) is 2.67. The monoisotopic (exact) mass is 320 g/mol. The number of rotatable bonds is 3. The number of hydrogen-bond acceptors (Lipinski definition) is 3. The lowest BCUT2D eigenvalue weighted by atomic mass is 10.2. The van der Waals surface area contributed by atoms with Crippen molar-refractivity contribution in [2.24, 2.45) is 0 Å². The molecular formula is C15H13ClN2O2S. The summed E-state index contributed by atoms with van der Waals surface area (Å²) < 4.78 is 5.20. The molecule has 0 aliphatic heterocycles. The molecule has 0 aliphatic rings. The summed E-state index contributed by atoms with van der Waals surface area (Å²) in [4.78, 5) is 12.0. The number of nitrogens with one attached hydrogen (secondary N) is 2. The Labute approximate surface area is 133 Å². The van der Waals surface area contributed by atoms with Crippen molar-refractivity contribution in [1.82, 2.24) is 5.32 Å². The van der Waals surface area contributed by atoms with E-state index in [1.807, 2.05) is 6.07 Å². The van der Waals surface area contributed by atoms with Crippen LogP contribution in [-0.4, -0.2) is 18.1 Å². The van der Waals surface area contributed by atoms with Gasteiger partial charge in [0.1, 0.15) is 5.75 Å². The van der Waals surface area contributed by atoms with Crippen LogP contribution in [0.25, 0.3) is 0 Å². The van der Waals surface area contributed by atoms with Crippen LogP contribution in [0.5, 0.6) is 5.75 Å². The zero-order chi connectivity index (χ0) is 15.2. The number of anilines is 1. The Morgan fingerprint density at radius 1 is 1.19 bits per heavy atom. The molecule has 0 fully saturated rings. The molecule has 0 aromatic heterocycles. The Bertz CT molecular complexity index is 662. The topological polar surface area (TPSA) is 50.4 Å². The highest BCUT2D eigenvalue weighted by Gasteiger charge is 2.09. The van der Waals surface area contributed by atoms with Crippen LogP contribution in [0.15, 0.2) is 48.5 Å². The van der Waals surface area contributed by atoms with Crippen LogP contribution in [0, 0.1) is 0 Å². The smallest absolute Gasteiger partial charge is 0.257 e. The molecule has 2 aromatic carbocycles. The molecule has 2 rings (SSSR count). The van der Waals surface area contributed by atoms with Crippen molar-refractivity contribution in [3.8, 4) is 5.75 Å². The average Bonchev–Trinajstić information content (AvgIpc) is 2.48. The van der Waals surface area contributed by atoms with Crippen molar-refractivity contribution >= 4 is 40.5 Å². The van der Waals surface area contributed by atoms with Gasteiger partial charge in [-0.1, -0.05) is 29.8 Å². The van der Waals surface area contributed by atoms with E-state index in [-0.39, 0.29) is 11.0 Å². The third kappa shape index (κ3) is 4.18. The second-order valence-electron chi connectivity index (χ2n) is 4.12. The first-order valence-electron chi connectivity index (χ1n) is 6.11. The average molecular weight is 321 g/mol. The first kappa shape index (κ1) is 15.3. The fourth-order valence-electron chi connectivity index (χ4n) is 1.70. The first-order valence-corrected chi connectivity index (χ1v) is 6.89. The van der Waals surface area contributed by atoms with E-state index in [0.717, 1.165) is 0 Å². The quantitative estimate of drug-likeness (QED) is 0.850. The second-order valence-corrected chi connectivity index (χ2v) is 4.96. The predicted molar refractivity (Wildman–Crippen MR) is 88.1 cm³/mol. The summed E-state index contributed by atoms with van der Waals surface area (Å²) in [5, 5.41) is 6.20. The lowest BCUT2D eigenvalue weighted by Gasteiger charge is -2.13. The molecule has 0 unspecified atom stereocenters. The van der Waals surface area contributed by atoms with E-state index < -0.39 is 0 Å². The summed E-state index contributed by atoms with van der Waals surface area (Å²) in [6.45, 7) is 0. The van der Waals surface area contributed by atoms with E-state index >= 15 is 0 Å². The number of carbonyl (C=O) groups is 1. The van der Waals surface area contributed by atoms with Crippen LogP contribution in [0.3, 0.4) is 0 Å². The summed E-state index contributed by atoms with van der Waals surface area (Å²) in [6, 6.07) is 13.9. The van der Waals surface area contributed by atoms with E-state index in [1.165, 1.54) is 0 Å². The molecule has 4 nitrogen and oxygen atoms in total. The molecule has 0 heterocycles. The van der Waals surface area contributed by atoms with Gasteiger partial charge in [-0.25, -0.2) is 0 Å². The molecule has 0 atom stereocenters. The first-order chi connectivity index (χ1) is 10.1. The minimum absolute atomic E-state index is 0.171. The fraction of sp³-hybridized carbons (Fsp3) is 0.0667. The zero-order valence-electron chi connectivity index (χ0n) is 11.2.